The molecule has 3 N–H and O–H groups in total. The molecule has 1 aromatic carbocycles. The molecule has 0 radical (unpaired) electrons. The molecule has 0 saturated carbocycles. The quantitative estimate of drug-likeness (QED) is 0.390. The van der Waals surface area contributed by atoms with Crippen molar-refractivity contribution in [1.82, 2.24) is 20.3 Å². The molecule has 1 amide bonds. The van der Waals surface area contributed by atoms with Crippen LogP contribution in [0.3, 0.4) is 0 Å². The summed E-state index contributed by atoms with van der Waals surface area (Å²) in [5.41, 5.74) is 3.49. The number of nitrogens with zero attached hydrogens (tertiary/aromatic N) is 3. The number of anilines is 1. The number of nitrogens with one attached hydrogen (secondary N) is 3. The lowest BCUT2D eigenvalue weighted by molar-refractivity contribution is -0.123. The number of carbonyl (C=O) groups excluding carboxylic acids is 1. The molecule has 2 heterocycles. The molecule has 0 atom stereocenters. The van der Waals surface area contributed by atoms with Gasteiger partial charge in [0, 0.05) is 41.0 Å². The summed E-state index contributed by atoms with van der Waals surface area (Å²) in [5.74, 6) is 0.241. The maximum Gasteiger partial charge on any atom is 0.229 e. The largest absolute Gasteiger partial charge is 0.361 e. The summed E-state index contributed by atoms with van der Waals surface area (Å²) in [6.45, 7) is 8.15. The highest BCUT2D eigenvalue weighted by Crippen LogP contribution is 2.20. The third-order valence-electron chi connectivity index (χ3n) is 5.19. The molecule has 8 heteroatoms. The molecule has 0 bridgehead atoms. The Bertz CT molecular complexity index is 1070. The van der Waals surface area contributed by atoms with E-state index in [-0.39, 0.29) is 17.6 Å². The van der Waals surface area contributed by atoms with Crippen LogP contribution in [0.25, 0.3) is 10.9 Å². The Kier molecular flexibility index (Phi) is 7.33. The number of benzene rings is 1. The lowest BCUT2D eigenvalue weighted by Gasteiger charge is -2.15. The minimum Gasteiger partial charge on any atom is -0.361 e. The van der Waals surface area contributed by atoms with Gasteiger partial charge in [0.15, 0.2) is 0 Å². The summed E-state index contributed by atoms with van der Waals surface area (Å²) < 4.78 is 13.6. The number of hydrogen-bond acceptors (Lipinski definition) is 4. The zero-order chi connectivity index (χ0) is 22.4. The summed E-state index contributed by atoms with van der Waals surface area (Å²) in [6.07, 6.45) is 3.94. The Morgan fingerprint density at radius 2 is 1.87 bits per heavy atom. The van der Waals surface area contributed by atoms with Crippen molar-refractivity contribution in [2.75, 3.05) is 11.9 Å². The first-order chi connectivity index (χ1) is 14.9. The first kappa shape index (κ1) is 22.4. The predicted molar refractivity (Wildman–Crippen MR) is 122 cm³/mol. The zero-order valence-electron chi connectivity index (χ0n) is 18.4. The van der Waals surface area contributed by atoms with Gasteiger partial charge in [-0.1, -0.05) is 13.8 Å². The Morgan fingerprint density at radius 3 is 2.55 bits per heavy atom. The van der Waals surface area contributed by atoms with Crippen molar-refractivity contribution < 1.29 is 9.18 Å². The maximum absolute atomic E-state index is 13.6. The van der Waals surface area contributed by atoms with Crippen LogP contribution in [0.5, 0.6) is 0 Å². The number of halogens is 1. The molecule has 0 unspecified atom stereocenters. The third kappa shape index (κ3) is 5.87. The Hall–Kier alpha value is -3.29. The van der Waals surface area contributed by atoms with E-state index in [1.54, 1.807) is 6.07 Å². The maximum atomic E-state index is 13.6. The lowest BCUT2D eigenvalue weighted by Crippen LogP contribution is -2.40. The topological polar surface area (TPSA) is 95.1 Å². The molecule has 164 valence electrons. The smallest absolute Gasteiger partial charge is 0.229 e. The standard InChI is InChI=1S/C23H29FN6O/c1-5-16(6-2)21(31)29-22(30-23-27-14(3)11-15(4)28-23)25-10-9-17-13-26-20-8-7-18(24)12-19(17)20/h7-8,11-13,16,26H,5-6,9-10H2,1-4H3,(H2,25,27,28,29,30,31). The molecule has 31 heavy (non-hydrogen) atoms. The first-order valence-corrected chi connectivity index (χ1v) is 10.6. The van der Waals surface area contributed by atoms with Gasteiger partial charge in [0.2, 0.25) is 17.8 Å². The fourth-order valence-corrected chi connectivity index (χ4v) is 3.52. The minimum absolute atomic E-state index is 0.0882. The summed E-state index contributed by atoms with van der Waals surface area (Å²) in [5, 5.41) is 6.77. The van der Waals surface area contributed by atoms with Gasteiger partial charge in [-0.3, -0.25) is 20.4 Å². The normalized spacial score (nSPS) is 11.9. The highest BCUT2D eigenvalue weighted by atomic mass is 19.1. The number of rotatable bonds is 7. The third-order valence-corrected chi connectivity index (χ3v) is 5.19. The molecule has 7 nitrogen and oxygen atoms in total. The van der Waals surface area contributed by atoms with E-state index in [9.17, 15) is 9.18 Å². The molecule has 0 spiro atoms. The Morgan fingerprint density at radius 1 is 1.16 bits per heavy atom. The van der Waals surface area contributed by atoms with Gasteiger partial charge in [-0.05, 0) is 62.9 Å². The van der Waals surface area contributed by atoms with Gasteiger partial charge in [0.1, 0.15) is 5.82 Å². The zero-order valence-corrected chi connectivity index (χ0v) is 18.4. The van der Waals surface area contributed by atoms with Crippen molar-refractivity contribution in [2.45, 2.75) is 47.0 Å². The summed E-state index contributed by atoms with van der Waals surface area (Å²) in [7, 11) is 0. The van der Waals surface area contributed by atoms with Crippen molar-refractivity contribution >= 4 is 28.7 Å². The number of aryl methyl sites for hydroxylation is 2. The van der Waals surface area contributed by atoms with Crippen LogP contribution in [0.15, 0.2) is 35.5 Å². The van der Waals surface area contributed by atoms with E-state index in [4.69, 9.17) is 0 Å². The van der Waals surface area contributed by atoms with Crippen molar-refractivity contribution in [2.24, 2.45) is 10.9 Å². The van der Waals surface area contributed by atoms with E-state index >= 15 is 0 Å². The summed E-state index contributed by atoms with van der Waals surface area (Å²) in [4.78, 5) is 29.1. The first-order valence-electron chi connectivity index (χ1n) is 10.6. The molecule has 0 aliphatic heterocycles. The van der Waals surface area contributed by atoms with Crippen LogP contribution in [0.1, 0.15) is 43.6 Å². The number of aliphatic imine (C=N–C) groups is 1. The second-order valence-corrected chi connectivity index (χ2v) is 7.59. The number of hydrogen-bond donors (Lipinski definition) is 3. The average molecular weight is 425 g/mol. The van der Waals surface area contributed by atoms with Crippen LogP contribution < -0.4 is 10.6 Å². The average Bonchev–Trinajstić information content (AvgIpc) is 3.10. The van der Waals surface area contributed by atoms with Gasteiger partial charge < -0.3 is 4.98 Å². The Labute approximate surface area is 181 Å². The molecule has 0 aliphatic rings. The van der Waals surface area contributed by atoms with Gasteiger partial charge in [-0.2, -0.15) is 0 Å². The van der Waals surface area contributed by atoms with E-state index in [0.717, 1.165) is 40.7 Å². The minimum atomic E-state index is -0.274. The van der Waals surface area contributed by atoms with E-state index < -0.39 is 0 Å². The molecule has 3 rings (SSSR count). The molecule has 2 aromatic heterocycles. The van der Waals surface area contributed by atoms with Gasteiger partial charge in [0.25, 0.3) is 0 Å². The number of carbonyl (C=O) groups is 1. The van der Waals surface area contributed by atoms with Crippen LogP contribution in [-0.2, 0) is 11.2 Å². The van der Waals surface area contributed by atoms with Gasteiger partial charge in [0.05, 0.1) is 0 Å². The van der Waals surface area contributed by atoms with Crippen LogP contribution in [0.2, 0.25) is 0 Å². The molecular weight excluding hydrogens is 395 g/mol. The lowest BCUT2D eigenvalue weighted by atomic mass is 10.0. The number of amides is 1. The van der Waals surface area contributed by atoms with Crippen LogP contribution >= 0.6 is 0 Å². The van der Waals surface area contributed by atoms with Gasteiger partial charge >= 0.3 is 0 Å². The van der Waals surface area contributed by atoms with Gasteiger partial charge in [-0.25, -0.2) is 14.4 Å². The SMILES string of the molecule is CCC(CC)C(=O)NC(=NCCc1c[nH]c2ccc(F)cc12)Nc1nc(C)cc(C)n1. The van der Waals surface area contributed by atoms with E-state index in [1.165, 1.54) is 12.1 Å². The molecule has 0 fully saturated rings. The highest BCUT2D eigenvalue weighted by Gasteiger charge is 2.17. The number of aromatic amines is 1. The summed E-state index contributed by atoms with van der Waals surface area (Å²) >= 11 is 0. The number of fused-ring (bicyclic) bond motifs is 1. The fourth-order valence-electron chi connectivity index (χ4n) is 3.52. The van der Waals surface area contributed by atoms with E-state index in [1.807, 2.05) is 40.0 Å². The molecule has 0 aliphatic carbocycles. The highest BCUT2D eigenvalue weighted by molar-refractivity contribution is 6.04. The number of H-pyrrole nitrogens is 1. The van der Waals surface area contributed by atoms with E-state index in [2.05, 4.69) is 30.6 Å². The van der Waals surface area contributed by atoms with Gasteiger partial charge in [-0.15, -0.1) is 0 Å². The van der Waals surface area contributed by atoms with Crippen LogP contribution in [0.4, 0.5) is 10.3 Å². The second-order valence-electron chi connectivity index (χ2n) is 7.59. The predicted octanol–water partition coefficient (Wildman–Crippen LogP) is 4.28. The number of guanidine groups is 1. The monoisotopic (exact) mass is 424 g/mol. The van der Waals surface area contributed by atoms with Crippen LogP contribution in [0, 0.1) is 25.6 Å². The second kappa shape index (κ2) is 10.1. The number of aromatic nitrogens is 3. The summed E-state index contributed by atoms with van der Waals surface area (Å²) in [6, 6.07) is 6.54. The van der Waals surface area contributed by atoms with E-state index in [0.29, 0.717) is 24.9 Å². The van der Waals surface area contributed by atoms with Crippen molar-refractivity contribution in [1.29, 1.82) is 0 Å². The molecular formula is C23H29FN6O. The fraction of sp³-hybridized carbons (Fsp3) is 0.391. The van der Waals surface area contributed by atoms with Crippen LogP contribution in [-0.4, -0.2) is 33.4 Å². The molecule has 3 aromatic rings. The Balaban J connectivity index is 1.79. The van der Waals surface area contributed by atoms with Crippen molar-refractivity contribution in [3.05, 3.63) is 53.2 Å². The van der Waals surface area contributed by atoms with Crippen molar-refractivity contribution in [3.8, 4) is 0 Å². The molecule has 0 saturated heterocycles. The van der Waals surface area contributed by atoms with Crippen molar-refractivity contribution in [3.63, 3.8) is 0 Å².